The number of anilines is 1. The molecule has 0 bridgehead atoms. The van der Waals surface area contributed by atoms with Gasteiger partial charge in [-0.15, -0.1) is 0 Å². The van der Waals surface area contributed by atoms with Gasteiger partial charge in [0.1, 0.15) is 5.82 Å². The van der Waals surface area contributed by atoms with Crippen molar-refractivity contribution < 1.29 is 0 Å². The van der Waals surface area contributed by atoms with Crippen LogP contribution in [0.4, 0.5) is 5.82 Å². The van der Waals surface area contributed by atoms with E-state index in [9.17, 15) is 0 Å². The van der Waals surface area contributed by atoms with E-state index in [-0.39, 0.29) is 0 Å². The van der Waals surface area contributed by atoms with Gasteiger partial charge >= 0.3 is 0 Å². The fraction of sp³-hybridized carbons (Fsp3) is 0.438. The first-order valence-electron chi connectivity index (χ1n) is 7.13. The molecule has 0 spiro atoms. The topological polar surface area (TPSA) is 42.2 Å². The molecule has 1 aromatic carbocycles. The highest BCUT2D eigenvalue weighted by Gasteiger charge is 2.12. The van der Waals surface area contributed by atoms with E-state index in [2.05, 4.69) is 43.0 Å². The number of pyridine rings is 1. The fourth-order valence-electron chi connectivity index (χ4n) is 2.45. The number of hydrogen-bond acceptors (Lipinski definition) is 3. The molecule has 2 N–H and O–H groups in total. The third kappa shape index (κ3) is 3.04. The van der Waals surface area contributed by atoms with Crippen molar-refractivity contribution in [3.05, 3.63) is 35.9 Å². The van der Waals surface area contributed by atoms with Gasteiger partial charge in [-0.3, -0.25) is 0 Å². The minimum Gasteiger partial charge on any atom is -0.357 e. The van der Waals surface area contributed by atoms with Gasteiger partial charge in [0.05, 0.1) is 5.52 Å². The lowest BCUT2D eigenvalue weighted by molar-refractivity contribution is 0.771. The summed E-state index contributed by atoms with van der Waals surface area (Å²) >= 11 is 0. The summed E-state index contributed by atoms with van der Waals surface area (Å²) in [4.78, 5) is 7.20. The van der Waals surface area contributed by atoms with E-state index < -0.39 is 0 Å². The summed E-state index contributed by atoms with van der Waals surface area (Å²) in [7, 11) is 0. The second kappa shape index (κ2) is 6.53. The van der Waals surface area contributed by atoms with Crippen molar-refractivity contribution in [3.63, 3.8) is 0 Å². The Kier molecular flexibility index (Phi) is 4.74. The maximum atomic E-state index is 5.74. The maximum absolute atomic E-state index is 5.74. The van der Waals surface area contributed by atoms with Gasteiger partial charge in [-0.1, -0.05) is 25.1 Å². The molecule has 0 aliphatic heterocycles. The Bertz CT molecular complexity index is 537. The second-order valence-electron chi connectivity index (χ2n) is 4.78. The zero-order chi connectivity index (χ0) is 13.7. The van der Waals surface area contributed by atoms with Crippen molar-refractivity contribution in [2.24, 2.45) is 5.73 Å². The van der Waals surface area contributed by atoms with Gasteiger partial charge in [0, 0.05) is 18.5 Å². The normalized spacial score (nSPS) is 10.9. The molecule has 1 aromatic heterocycles. The molecule has 2 rings (SSSR count). The van der Waals surface area contributed by atoms with Crippen LogP contribution < -0.4 is 10.6 Å². The molecule has 0 saturated carbocycles. The van der Waals surface area contributed by atoms with Crippen molar-refractivity contribution in [2.45, 2.75) is 26.7 Å². The minimum absolute atomic E-state index is 0.663. The molecular formula is C16H23N3. The van der Waals surface area contributed by atoms with Crippen LogP contribution in [0.3, 0.4) is 0 Å². The second-order valence-corrected chi connectivity index (χ2v) is 4.78. The number of fused-ring (bicyclic) bond motifs is 1. The standard InChI is InChI=1S/C16H23N3/c1-3-11-19(4-2)16-14(9-10-17)12-13-7-5-6-8-15(13)18-16/h5-8,12H,3-4,9-11,17H2,1-2H3. The van der Waals surface area contributed by atoms with Crippen LogP contribution in [0.1, 0.15) is 25.8 Å². The van der Waals surface area contributed by atoms with Crippen LogP contribution in [0.2, 0.25) is 0 Å². The quantitative estimate of drug-likeness (QED) is 0.865. The number of para-hydroxylation sites is 1. The number of benzene rings is 1. The average molecular weight is 257 g/mol. The van der Waals surface area contributed by atoms with Gasteiger partial charge in [0.25, 0.3) is 0 Å². The zero-order valence-electron chi connectivity index (χ0n) is 11.9. The molecule has 3 heteroatoms. The molecule has 0 radical (unpaired) electrons. The zero-order valence-corrected chi connectivity index (χ0v) is 11.9. The Morgan fingerprint density at radius 3 is 2.68 bits per heavy atom. The lowest BCUT2D eigenvalue weighted by Crippen LogP contribution is -2.26. The summed E-state index contributed by atoms with van der Waals surface area (Å²) in [6.07, 6.45) is 2.01. The van der Waals surface area contributed by atoms with E-state index in [4.69, 9.17) is 10.7 Å². The van der Waals surface area contributed by atoms with E-state index in [0.717, 1.165) is 37.3 Å². The van der Waals surface area contributed by atoms with Gasteiger partial charge in [0.2, 0.25) is 0 Å². The number of nitrogens with two attached hydrogens (primary N) is 1. The Morgan fingerprint density at radius 1 is 1.21 bits per heavy atom. The molecule has 1 heterocycles. The largest absolute Gasteiger partial charge is 0.357 e. The van der Waals surface area contributed by atoms with Crippen LogP contribution in [0.5, 0.6) is 0 Å². The maximum Gasteiger partial charge on any atom is 0.132 e. The first-order chi connectivity index (χ1) is 9.30. The van der Waals surface area contributed by atoms with Crippen molar-refractivity contribution in [2.75, 3.05) is 24.5 Å². The van der Waals surface area contributed by atoms with E-state index in [0.29, 0.717) is 6.54 Å². The fourth-order valence-corrected chi connectivity index (χ4v) is 2.45. The molecule has 0 atom stereocenters. The Morgan fingerprint density at radius 2 is 2.00 bits per heavy atom. The highest BCUT2D eigenvalue weighted by molar-refractivity contribution is 5.81. The highest BCUT2D eigenvalue weighted by Crippen LogP contribution is 2.24. The van der Waals surface area contributed by atoms with Crippen LogP contribution in [0, 0.1) is 0 Å². The summed E-state index contributed by atoms with van der Waals surface area (Å²) in [6.45, 7) is 7.07. The predicted molar refractivity (Wildman–Crippen MR) is 82.7 cm³/mol. The number of rotatable bonds is 6. The molecule has 0 fully saturated rings. The van der Waals surface area contributed by atoms with Crippen LogP contribution >= 0.6 is 0 Å². The van der Waals surface area contributed by atoms with Gasteiger partial charge < -0.3 is 10.6 Å². The van der Waals surface area contributed by atoms with Gasteiger partial charge in [0.15, 0.2) is 0 Å². The van der Waals surface area contributed by atoms with Crippen molar-refractivity contribution in [1.82, 2.24) is 4.98 Å². The first kappa shape index (κ1) is 13.8. The molecule has 0 amide bonds. The van der Waals surface area contributed by atoms with Crippen molar-refractivity contribution in [3.8, 4) is 0 Å². The number of nitrogens with zero attached hydrogens (tertiary/aromatic N) is 2. The molecule has 102 valence electrons. The number of aromatic nitrogens is 1. The van der Waals surface area contributed by atoms with Crippen LogP contribution in [0.15, 0.2) is 30.3 Å². The predicted octanol–water partition coefficient (Wildman–Crippen LogP) is 2.97. The van der Waals surface area contributed by atoms with E-state index >= 15 is 0 Å². The highest BCUT2D eigenvalue weighted by atomic mass is 15.2. The Balaban J connectivity index is 2.51. The Labute approximate surface area is 115 Å². The van der Waals surface area contributed by atoms with Crippen LogP contribution in [0.25, 0.3) is 10.9 Å². The van der Waals surface area contributed by atoms with Crippen molar-refractivity contribution >= 4 is 16.7 Å². The molecular weight excluding hydrogens is 234 g/mol. The molecule has 3 nitrogen and oxygen atoms in total. The van der Waals surface area contributed by atoms with Crippen LogP contribution in [-0.2, 0) is 6.42 Å². The smallest absolute Gasteiger partial charge is 0.132 e. The molecule has 19 heavy (non-hydrogen) atoms. The Hall–Kier alpha value is -1.61. The molecule has 0 aliphatic rings. The average Bonchev–Trinajstić information content (AvgIpc) is 2.44. The van der Waals surface area contributed by atoms with Gasteiger partial charge in [-0.05, 0) is 44.0 Å². The SMILES string of the molecule is CCCN(CC)c1nc2ccccc2cc1CCN. The molecule has 0 unspecified atom stereocenters. The molecule has 0 aliphatic carbocycles. The minimum atomic E-state index is 0.663. The lowest BCUT2D eigenvalue weighted by Gasteiger charge is -2.24. The lowest BCUT2D eigenvalue weighted by atomic mass is 10.1. The summed E-state index contributed by atoms with van der Waals surface area (Å²) in [5.41, 5.74) is 8.07. The molecule has 2 aromatic rings. The third-order valence-electron chi connectivity index (χ3n) is 3.37. The third-order valence-corrected chi connectivity index (χ3v) is 3.37. The van der Waals surface area contributed by atoms with E-state index in [1.165, 1.54) is 10.9 Å². The van der Waals surface area contributed by atoms with Gasteiger partial charge in [-0.25, -0.2) is 4.98 Å². The first-order valence-corrected chi connectivity index (χ1v) is 7.13. The van der Waals surface area contributed by atoms with E-state index in [1.807, 2.05) is 6.07 Å². The molecule has 0 saturated heterocycles. The monoisotopic (exact) mass is 257 g/mol. The number of hydrogen-bond donors (Lipinski definition) is 1. The summed E-state index contributed by atoms with van der Waals surface area (Å²) in [6, 6.07) is 10.5. The van der Waals surface area contributed by atoms with Crippen molar-refractivity contribution in [1.29, 1.82) is 0 Å². The summed E-state index contributed by atoms with van der Waals surface area (Å²) < 4.78 is 0. The summed E-state index contributed by atoms with van der Waals surface area (Å²) in [5, 5.41) is 1.20. The summed E-state index contributed by atoms with van der Waals surface area (Å²) in [5.74, 6) is 1.11. The van der Waals surface area contributed by atoms with E-state index in [1.54, 1.807) is 0 Å². The van der Waals surface area contributed by atoms with Gasteiger partial charge in [-0.2, -0.15) is 0 Å². The van der Waals surface area contributed by atoms with Crippen LogP contribution in [-0.4, -0.2) is 24.6 Å².